The molecule has 0 amide bonds. The SMILES string of the molecule is C=C/C=C(\C=C/C)c1ccnc(-c2ccccc2)c1. The number of nitrogens with zero attached hydrogens (tertiary/aromatic N) is 1. The first-order valence-electron chi connectivity index (χ1n) is 6.32. The Morgan fingerprint density at radius 3 is 2.63 bits per heavy atom. The molecule has 0 unspecified atom stereocenters. The van der Waals surface area contributed by atoms with Crippen LogP contribution in [0.2, 0.25) is 0 Å². The summed E-state index contributed by atoms with van der Waals surface area (Å²) in [7, 11) is 0. The zero-order valence-electron chi connectivity index (χ0n) is 11.1. The lowest BCUT2D eigenvalue weighted by Crippen LogP contribution is -1.87. The van der Waals surface area contributed by atoms with E-state index in [1.54, 1.807) is 6.08 Å². The number of benzene rings is 1. The van der Waals surface area contributed by atoms with Gasteiger partial charge in [-0.3, -0.25) is 4.98 Å². The van der Waals surface area contributed by atoms with Gasteiger partial charge in [0.2, 0.25) is 0 Å². The van der Waals surface area contributed by atoms with Crippen LogP contribution in [-0.4, -0.2) is 4.98 Å². The molecule has 0 bridgehead atoms. The summed E-state index contributed by atoms with van der Waals surface area (Å²) in [4.78, 5) is 4.44. The van der Waals surface area contributed by atoms with Crippen LogP contribution >= 0.6 is 0 Å². The first kappa shape index (κ1) is 13.0. The Hall–Kier alpha value is -2.41. The summed E-state index contributed by atoms with van der Waals surface area (Å²) < 4.78 is 0. The average Bonchev–Trinajstić information content (AvgIpc) is 2.48. The molecule has 1 aromatic heterocycles. The molecule has 94 valence electrons. The second kappa shape index (κ2) is 6.50. The number of hydrogen-bond donors (Lipinski definition) is 0. The van der Waals surface area contributed by atoms with Crippen LogP contribution in [0.1, 0.15) is 12.5 Å². The maximum Gasteiger partial charge on any atom is 0.0708 e. The van der Waals surface area contributed by atoms with Crippen molar-refractivity contribution in [3.8, 4) is 11.3 Å². The highest BCUT2D eigenvalue weighted by Crippen LogP contribution is 2.22. The van der Waals surface area contributed by atoms with E-state index in [4.69, 9.17) is 0 Å². The lowest BCUT2D eigenvalue weighted by molar-refractivity contribution is 1.31. The summed E-state index contributed by atoms with van der Waals surface area (Å²) in [5.74, 6) is 0. The maximum absolute atomic E-state index is 4.44. The van der Waals surface area contributed by atoms with E-state index in [1.165, 1.54) is 0 Å². The quantitative estimate of drug-likeness (QED) is 0.701. The van der Waals surface area contributed by atoms with Crippen LogP contribution in [0, 0.1) is 0 Å². The number of allylic oxidation sites excluding steroid dienone is 5. The van der Waals surface area contributed by atoms with E-state index >= 15 is 0 Å². The van der Waals surface area contributed by atoms with Crippen LogP contribution in [0.4, 0.5) is 0 Å². The fourth-order valence-electron chi connectivity index (χ4n) is 1.93. The summed E-state index contributed by atoms with van der Waals surface area (Å²) in [6.45, 7) is 5.77. The third-order valence-electron chi connectivity index (χ3n) is 2.81. The molecule has 0 aliphatic rings. The second-order valence-corrected chi connectivity index (χ2v) is 4.15. The lowest BCUT2D eigenvalue weighted by atomic mass is 10.0. The Morgan fingerprint density at radius 2 is 1.95 bits per heavy atom. The maximum atomic E-state index is 4.44. The minimum absolute atomic E-state index is 0.984. The topological polar surface area (TPSA) is 12.9 Å². The van der Waals surface area contributed by atoms with Crippen LogP contribution in [0.15, 0.2) is 79.5 Å². The summed E-state index contributed by atoms with van der Waals surface area (Å²) in [6.07, 6.45) is 9.75. The van der Waals surface area contributed by atoms with Gasteiger partial charge in [0.25, 0.3) is 0 Å². The summed E-state index contributed by atoms with van der Waals surface area (Å²) in [5, 5.41) is 0. The van der Waals surface area contributed by atoms with Crippen molar-refractivity contribution in [2.24, 2.45) is 0 Å². The average molecular weight is 247 g/mol. The number of hydrogen-bond acceptors (Lipinski definition) is 1. The first-order chi connectivity index (χ1) is 9.35. The van der Waals surface area contributed by atoms with E-state index in [2.05, 4.69) is 35.8 Å². The van der Waals surface area contributed by atoms with E-state index in [0.717, 1.165) is 22.4 Å². The van der Waals surface area contributed by atoms with Gasteiger partial charge in [0.05, 0.1) is 5.69 Å². The van der Waals surface area contributed by atoms with Crippen molar-refractivity contribution in [1.29, 1.82) is 0 Å². The highest BCUT2D eigenvalue weighted by Gasteiger charge is 2.02. The van der Waals surface area contributed by atoms with Gasteiger partial charge in [0.15, 0.2) is 0 Å². The molecule has 1 heterocycles. The van der Waals surface area contributed by atoms with Crippen LogP contribution < -0.4 is 0 Å². The standard InChI is InChI=1S/C18H17N/c1-3-8-15(9-4-2)17-12-13-19-18(14-17)16-10-6-5-7-11-16/h3-14H,1H2,2H3/b9-4-,15-8+. The monoisotopic (exact) mass is 247 g/mol. The summed E-state index contributed by atoms with van der Waals surface area (Å²) >= 11 is 0. The van der Waals surface area contributed by atoms with Crippen molar-refractivity contribution in [2.75, 3.05) is 0 Å². The van der Waals surface area contributed by atoms with Crippen LogP contribution in [0.25, 0.3) is 16.8 Å². The van der Waals surface area contributed by atoms with Gasteiger partial charge in [-0.2, -0.15) is 0 Å². The lowest BCUT2D eigenvalue weighted by Gasteiger charge is -2.05. The molecule has 0 spiro atoms. The van der Waals surface area contributed by atoms with E-state index < -0.39 is 0 Å². The van der Waals surface area contributed by atoms with E-state index in [-0.39, 0.29) is 0 Å². The minimum atomic E-state index is 0.984. The molecule has 1 nitrogen and oxygen atoms in total. The van der Waals surface area contributed by atoms with Crippen molar-refractivity contribution in [1.82, 2.24) is 4.98 Å². The van der Waals surface area contributed by atoms with Crippen molar-refractivity contribution < 1.29 is 0 Å². The van der Waals surface area contributed by atoms with Crippen molar-refractivity contribution in [3.63, 3.8) is 0 Å². The predicted octanol–water partition coefficient (Wildman–Crippen LogP) is 4.89. The Kier molecular flexibility index (Phi) is 4.46. The van der Waals surface area contributed by atoms with Gasteiger partial charge >= 0.3 is 0 Å². The second-order valence-electron chi connectivity index (χ2n) is 4.15. The normalized spacial score (nSPS) is 11.7. The van der Waals surface area contributed by atoms with Gasteiger partial charge in [0.1, 0.15) is 0 Å². The molecule has 0 N–H and O–H groups in total. The Morgan fingerprint density at radius 1 is 1.16 bits per heavy atom. The number of pyridine rings is 1. The molecule has 2 rings (SSSR count). The van der Waals surface area contributed by atoms with Crippen molar-refractivity contribution in [2.45, 2.75) is 6.92 Å². The minimum Gasteiger partial charge on any atom is -0.256 e. The molecular weight excluding hydrogens is 230 g/mol. The van der Waals surface area contributed by atoms with Gasteiger partial charge in [0, 0.05) is 11.8 Å². The molecule has 0 radical (unpaired) electrons. The molecule has 0 atom stereocenters. The molecule has 0 saturated carbocycles. The van der Waals surface area contributed by atoms with Crippen molar-refractivity contribution in [3.05, 3.63) is 85.1 Å². The zero-order valence-corrected chi connectivity index (χ0v) is 11.1. The molecule has 0 aliphatic heterocycles. The third kappa shape index (κ3) is 3.29. The Bertz CT molecular complexity index is 607. The molecule has 1 aromatic carbocycles. The van der Waals surface area contributed by atoms with Gasteiger partial charge in [-0.15, -0.1) is 0 Å². The van der Waals surface area contributed by atoms with Crippen LogP contribution in [0.3, 0.4) is 0 Å². The van der Waals surface area contributed by atoms with E-state index in [9.17, 15) is 0 Å². The largest absolute Gasteiger partial charge is 0.256 e. The van der Waals surface area contributed by atoms with E-state index in [0.29, 0.717) is 0 Å². The third-order valence-corrected chi connectivity index (χ3v) is 2.81. The Balaban J connectivity index is 2.44. The number of aromatic nitrogens is 1. The molecule has 0 fully saturated rings. The van der Waals surface area contributed by atoms with E-state index in [1.807, 2.05) is 49.5 Å². The smallest absolute Gasteiger partial charge is 0.0708 e. The van der Waals surface area contributed by atoms with Gasteiger partial charge in [-0.05, 0) is 30.2 Å². The number of rotatable bonds is 4. The molecular formula is C18H17N. The molecule has 0 saturated heterocycles. The predicted molar refractivity (Wildman–Crippen MR) is 82.7 cm³/mol. The van der Waals surface area contributed by atoms with Crippen LogP contribution in [-0.2, 0) is 0 Å². The molecule has 19 heavy (non-hydrogen) atoms. The molecule has 0 aliphatic carbocycles. The summed E-state index contributed by atoms with van der Waals surface area (Å²) in [6, 6.07) is 14.3. The van der Waals surface area contributed by atoms with Crippen molar-refractivity contribution >= 4 is 5.57 Å². The fraction of sp³-hybridized carbons (Fsp3) is 0.0556. The fourth-order valence-corrected chi connectivity index (χ4v) is 1.93. The first-order valence-corrected chi connectivity index (χ1v) is 6.32. The van der Waals surface area contributed by atoms with Gasteiger partial charge in [-0.25, -0.2) is 0 Å². The van der Waals surface area contributed by atoms with Crippen LogP contribution in [0.5, 0.6) is 0 Å². The zero-order chi connectivity index (χ0) is 13.5. The van der Waals surface area contributed by atoms with Gasteiger partial charge in [-0.1, -0.05) is 61.2 Å². The summed E-state index contributed by atoms with van der Waals surface area (Å²) in [5.41, 5.74) is 4.39. The molecule has 1 heteroatoms. The Labute approximate surface area is 114 Å². The van der Waals surface area contributed by atoms with Gasteiger partial charge < -0.3 is 0 Å². The highest BCUT2D eigenvalue weighted by atomic mass is 14.7. The molecule has 2 aromatic rings. The highest BCUT2D eigenvalue weighted by molar-refractivity contribution is 5.77.